The van der Waals surface area contributed by atoms with Crippen LogP contribution in [-0.2, 0) is 4.79 Å². The van der Waals surface area contributed by atoms with Gasteiger partial charge in [-0.1, -0.05) is 44.2 Å². The van der Waals surface area contributed by atoms with Gasteiger partial charge in [0, 0.05) is 18.4 Å². The van der Waals surface area contributed by atoms with E-state index in [0.29, 0.717) is 6.42 Å². The van der Waals surface area contributed by atoms with Gasteiger partial charge in [-0.3, -0.25) is 4.79 Å². The third-order valence-corrected chi connectivity index (χ3v) is 3.15. The average molecular weight is 216 g/mol. The number of aliphatic hydroxyl groups excluding tert-OH is 1. The van der Waals surface area contributed by atoms with Gasteiger partial charge >= 0.3 is 0 Å². The summed E-state index contributed by atoms with van der Waals surface area (Å²) in [7, 11) is 0. The summed E-state index contributed by atoms with van der Waals surface area (Å²) in [5.74, 6) is 0.119. The van der Waals surface area contributed by atoms with Crippen LogP contribution in [0.3, 0.4) is 0 Å². The van der Waals surface area contributed by atoms with Crippen molar-refractivity contribution in [3.05, 3.63) is 47.7 Å². The summed E-state index contributed by atoms with van der Waals surface area (Å²) in [5, 5.41) is 9.97. The van der Waals surface area contributed by atoms with E-state index in [9.17, 15) is 9.90 Å². The van der Waals surface area contributed by atoms with Crippen LogP contribution in [-0.4, -0.2) is 10.9 Å². The Balaban J connectivity index is 2.46. The van der Waals surface area contributed by atoms with E-state index in [2.05, 4.69) is 0 Å². The lowest BCUT2D eigenvalue weighted by Crippen LogP contribution is -2.30. The molecule has 0 saturated carbocycles. The topological polar surface area (TPSA) is 37.3 Å². The number of benzene rings is 1. The molecule has 1 aromatic carbocycles. The van der Waals surface area contributed by atoms with Crippen molar-refractivity contribution in [2.24, 2.45) is 5.41 Å². The summed E-state index contributed by atoms with van der Waals surface area (Å²) in [4.78, 5) is 11.4. The molecule has 2 heteroatoms. The van der Waals surface area contributed by atoms with E-state index < -0.39 is 0 Å². The van der Waals surface area contributed by atoms with Crippen LogP contribution in [0, 0.1) is 5.41 Å². The largest absolute Gasteiger partial charge is 0.512 e. The SMILES string of the molecule is CC1(C)CC(=O)C=C(O)C1c1ccccc1. The molecule has 0 aromatic heterocycles. The molecule has 1 atom stereocenters. The number of allylic oxidation sites excluding steroid dienone is 2. The number of rotatable bonds is 1. The molecule has 0 amide bonds. The van der Waals surface area contributed by atoms with E-state index in [1.807, 2.05) is 44.2 Å². The molecule has 0 heterocycles. The smallest absolute Gasteiger partial charge is 0.159 e. The lowest BCUT2D eigenvalue weighted by atomic mass is 9.68. The molecule has 0 bridgehead atoms. The Labute approximate surface area is 95.6 Å². The Morgan fingerprint density at radius 1 is 1.25 bits per heavy atom. The van der Waals surface area contributed by atoms with Crippen LogP contribution in [0.2, 0.25) is 0 Å². The lowest BCUT2D eigenvalue weighted by Gasteiger charge is -2.36. The fraction of sp³-hybridized carbons (Fsp3) is 0.357. The first-order valence-corrected chi connectivity index (χ1v) is 5.49. The fourth-order valence-corrected chi connectivity index (χ4v) is 2.52. The first kappa shape index (κ1) is 10.9. The second-order valence-corrected chi connectivity index (χ2v) is 5.04. The first-order valence-electron chi connectivity index (χ1n) is 5.49. The maximum atomic E-state index is 11.4. The van der Waals surface area contributed by atoms with Gasteiger partial charge in [0.05, 0.1) is 0 Å². The van der Waals surface area contributed by atoms with Crippen molar-refractivity contribution in [1.82, 2.24) is 0 Å². The molecule has 1 N–H and O–H groups in total. The third kappa shape index (κ3) is 1.87. The molecule has 0 radical (unpaired) electrons. The van der Waals surface area contributed by atoms with Crippen LogP contribution < -0.4 is 0 Å². The van der Waals surface area contributed by atoms with Gasteiger partial charge in [0.1, 0.15) is 5.76 Å². The molecule has 2 nitrogen and oxygen atoms in total. The zero-order chi connectivity index (χ0) is 11.8. The van der Waals surface area contributed by atoms with E-state index in [1.165, 1.54) is 6.08 Å². The van der Waals surface area contributed by atoms with Gasteiger partial charge < -0.3 is 5.11 Å². The minimum absolute atomic E-state index is 0.00896. The minimum atomic E-state index is -0.225. The molecular formula is C14H16O2. The van der Waals surface area contributed by atoms with Crippen molar-refractivity contribution in [2.75, 3.05) is 0 Å². The quantitative estimate of drug-likeness (QED) is 0.782. The van der Waals surface area contributed by atoms with Crippen molar-refractivity contribution in [3.63, 3.8) is 0 Å². The Bertz CT molecular complexity index is 429. The second-order valence-electron chi connectivity index (χ2n) is 5.04. The highest BCUT2D eigenvalue weighted by molar-refractivity contribution is 5.92. The molecule has 1 aromatic rings. The van der Waals surface area contributed by atoms with Gasteiger partial charge in [-0.05, 0) is 11.0 Å². The molecule has 0 spiro atoms. The fourth-order valence-electron chi connectivity index (χ4n) is 2.52. The van der Waals surface area contributed by atoms with Crippen LogP contribution in [0.15, 0.2) is 42.2 Å². The molecule has 0 aliphatic heterocycles. The highest BCUT2D eigenvalue weighted by Gasteiger charge is 2.38. The number of hydrogen-bond donors (Lipinski definition) is 1. The van der Waals surface area contributed by atoms with Gasteiger partial charge in [-0.2, -0.15) is 0 Å². The number of ketones is 1. The number of carbonyl (C=O) groups excluding carboxylic acids is 1. The molecule has 2 rings (SSSR count). The van der Waals surface area contributed by atoms with Gasteiger partial charge in [0.25, 0.3) is 0 Å². The number of hydrogen-bond acceptors (Lipinski definition) is 2. The monoisotopic (exact) mass is 216 g/mol. The van der Waals surface area contributed by atoms with Crippen LogP contribution in [0.1, 0.15) is 31.7 Å². The highest BCUT2D eigenvalue weighted by Crippen LogP contribution is 2.45. The summed E-state index contributed by atoms with van der Waals surface area (Å²) >= 11 is 0. The van der Waals surface area contributed by atoms with Gasteiger partial charge in [-0.25, -0.2) is 0 Å². The first-order chi connectivity index (χ1) is 7.50. The number of carbonyl (C=O) groups is 1. The van der Waals surface area contributed by atoms with Crippen LogP contribution in [0.5, 0.6) is 0 Å². The predicted molar refractivity (Wildman–Crippen MR) is 63.3 cm³/mol. The second kappa shape index (κ2) is 3.78. The van der Waals surface area contributed by atoms with Crippen molar-refractivity contribution >= 4 is 5.78 Å². The minimum Gasteiger partial charge on any atom is -0.512 e. The van der Waals surface area contributed by atoms with E-state index >= 15 is 0 Å². The average Bonchev–Trinajstić information content (AvgIpc) is 2.15. The van der Waals surface area contributed by atoms with Crippen molar-refractivity contribution in [2.45, 2.75) is 26.2 Å². The normalized spacial score (nSPS) is 24.0. The summed E-state index contributed by atoms with van der Waals surface area (Å²) in [6.07, 6.45) is 1.85. The molecule has 84 valence electrons. The Morgan fingerprint density at radius 3 is 2.44 bits per heavy atom. The van der Waals surface area contributed by atoms with Crippen molar-refractivity contribution in [3.8, 4) is 0 Å². The molecule has 0 saturated heterocycles. The summed E-state index contributed by atoms with van der Waals surface area (Å²) in [5.41, 5.74) is 0.839. The molecule has 16 heavy (non-hydrogen) atoms. The summed E-state index contributed by atoms with van der Waals surface area (Å²) < 4.78 is 0. The zero-order valence-corrected chi connectivity index (χ0v) is 9.60. The van der Waals surface area contributed by atoms with Crippen LogP contribution in [0.25, 0.3) is 0 Å². The molecular weight excluding hydrogens is 200 g/mol. The van der Waals surface area contributed by atoms with Gasteiger partial charge in [0.15, 0.2) is 5.78 Å². The standard InChI is InChI=1S/C14H16O2/c1-14(2)9-11(15)8-12(16)13(14)10-6-4-3-5-7-10/h3-8,13,16H,9H2,1-2H3. The van der Waals surface area contributed by atoms with Gasteiger partial charge in [-0.15, -0.1) is 0 Å². The van der Waals surface area contributed by atoms with Crippen LogP contribution >= 0.6 is 0 Å². The Morgan fingerprint density at radius 2 is 1.88 bits per heavy atom. The lowest BCUT2D eigenvalue weighted by molar-refractivity contribution is -0.117. The maximum Gasteiger partial charge on any atom is 0.159 e. The van der Waals surface area contributed by atoms with Gasteiger partial charge in [0.2, 0.25) is 0 Å². The van der Waals surface area contributed by atoms with E-state index in [-0.39, 0.29) is 22.9 Å². The Hall–Kier alpha value is -1.57. The highest BCUT2D eigenvalue weighted by atomic mass is 16.3. The zero-order valence-electron chi connectivity index (χ0n) is 9.60. The van der Waals surface area contributed by atoms with Crippen molar-refractivity contribution in [1.29, 1.82) is 0 Å². The third-order valence-electron chi connectivity index (χ3n) is 3.15. The van der Waals surface area contributed by atoms with Crippen LogP contribution in [0.4, 0.5) is 0 Å². The summed E-state index contributed by atoms with van der Waals surface area (Å²) in [6.45, 7) is 4.04. The Kier molecular flexibility index (Phi) is 2.58. The molecule has 1 aliphatic rings. The van der Waals surface area contributed by atoms with E-state index in [4.69, 9.17) is 0 Å². The summed E-state index contributed by atoms with van der Waals surface area (Å²) in [6, 6.07) is 9.84. The number of aliphatic hydroxyl groups is 1. The van der Waals surface area contributed by atoms with E-state index in [1.54, 1.807) is 0 Å². The van der Waals surface area contributed by atoms with E-state index in [0.717, 1.165) is 5.56 Å². The molecule has 0 fully saturated rings. The molecule has 1 unspecified atom stereocenters. The molecule has 1 aliphatic carbocycles. The predicted octanol–water partition coefficient (Wildman–Crippen LogP) is 3.21. The maximum absolute atomic E-state index is 11.4. The van der Waals surface area contributed by atoms with Crippen molar-refractivity contribution < 1.29 is 9.90 Å².